The van der Waals surface area contributed by atoms with E-state index >= 15 is 0 Å². The lowest BCUT2D eigenvalue weighted by atomic mass is 10.00. The highest BCUT2D eigenvalue weighted by Crippen LogP contribution is 2.25. The van der Waals surface area contributed by atoms with E-state index in [-0.39, 0.29) is 17.6 Å². The Labute approximate surface area is 163 Å². The van der Waals surface area contributed by atoms with E-state index in [0.717, 1.165) is 41.8 Å². The lowest BCUT2D eigenvalue weighted by Gasteiger charge is -2.32. The molecule has 6 nitrogen and oxygen atoms in total. The zero-order chi connectivity index (χ0) is 19.5. The van der Waals surface area contributed by atoms with Crippen molar-refractivity contribution >= 4 is 5.91 Å². The van der Waals surface area contributed by atoms with Crippen LogP contribution in [0.4, 0.5) is 0 Å². The Balaban J connectivity index is 1.55. The first kappa shape index (κ1) is 18.3. The number of hydrogen-bond donors (Lipinski definition) is 2. The number of carbonyl (C=O) groups is 1. The number of rotatable bonds is 4. The number of benzene rings is 2. The zero-order valence-corrected chi connectivity index (χ0v) is 15.8. The summed E-state index contributed by atoms with van der Waals surface area (Å²) in [6, 6.07) is 17.1. The summed E-state index contributed by atoms with van der Waals surface area (Å²) in [5.41, 5.74) is 4.21. The molecule has 2 N–H and O–H groups in total. The van der Waals surface area contributed by atoms with E-state index in [1.807, 2.05) is 53.4 Å². The van der Waals surface area contributed by atoms with Crippen LogP contribution in [0.25, 0.3) is 22.4 Å². The SMILES string of the molecule is COC1CCCN(C(=O)c2cccc(-c3ccc(-c4cc(=O)[nH][nH]4)cc3)c2)C1. The van der Waals surface area contributed by atoms with Crippen LogP contribution in [0.1, 0.15) is 23.2 Å². The molecule has 0 saturated carbocycles. The van der Waals surface area contributed by atoms with Crippen LogP contribution < -0.4 is 5.56 Å². The van der Waals surface area contributed by atoms with Crippen LogP contribution in [-0.4, -0.2) is 47.3 Å². The molecule has 144 valence electrons. The molecule has 1 fully saturated rings. The van der Waals surface area contributed by atoms with Gasteiger partial charge < -0.3 is 9.64 Å². The van der Waals surface area contributed by atoms with Crippen molar-refractivity contribution in [3.63, 3.8) is 0 Å². The summed E-state index contributed by atoms with van der Waals surface area (Å²) in [4.78, 5) is 26.1. The molecule has 2 aromatic carbocycles. The van der Waals surface area contributed by atoms with Crippen molar-refractivity contribution in [2.24, 2.45) is 0 Å². The van der Waals surface area contributed by atoms with Crippen LogP contribution >= 0.6 is 0 Å². The molecular weight excluding hydrogens is 354 g/mol. The van der Waals surface area contributed by atoms with Gasteiger partial charge in [0.25, 0.3) is 11.5 Å². The number of amides is 1. The Morgan fingerprint density at radius 2 is 1.82 bits per heavy atom. The largest absolute Gasteiger partial charge is 0.380 e. The number of hydrogen-bond acceptors (Lipinski definition) is 3. The fraction of sp³-hybridized carbons (Fsp3) is 0.273. The highest BCUT2D eigenvalue weighted by atomic mass is 16.5. The summed E-state index contributed by atoms with van der Waals surface area (Å²) in [5.74, 6) is 0.0464. The molecule has 1 aliphatic heterocycles. The molecule has 28 heavy (non-hydrogen) atoms. The molecule has 0 bridgehead atoms. The standard InChI is InChI=1S/C22H23N3O3/c1-28-19-6-3-11-25(14-19)22(27)18-5-2-4-17(12-18)15-7-9-16(10-8-15)20-13-21(26)24-23-20/h2,4-5,7-10,12-13,19H,3,6,11,14H2,1H3,(H2,23,24,26). The van der Waals surface area contributed by atoms with Crippen LogP contribution in [0.2, 0.25) is 0 Å². The fourth-order valence-electron chi connectivity index (χ4n) is 3.66. The van der Waals surface area contributed by atoms with Gasteiger partial charge in [0.1, 0.15) is 0 Å². The number of ether oxygens (including phenoxy) is 1. The maximum Gasteiger partial charge on any atom is 0.264 e. The maximum atomic E-state index is 12.9. The second-order valence-electron chi connectivity index (χ2n) is 7.08. The third-order valence-corrected chi connectivity index (χ3v) is 5.23. The highest BCUT2D eigenvalue weighted by molar-refractivity contribution is 5.95. The van der Waals surface area contributed by atoms with Crippen LogP contribution in [0.3, 0.4) is 0 Å². The Morgan fingerprint density at radius 1 is 1.04 bits per heavy atom. The summed E-state index contributed by atoms with van der Waals surface area (Å²) >= 11 is 0. The highest BCUT2D eigenvalue weighted by Gasteiger charge is 2.24. The fourth-order valence-corrected chi connectivity index (χ4v) is 3.66. The van der Waals surface area contributed by atoms with Crippen molar-refractivity contribution in [3.05, 3.63) is 70.5 Å². The first-order valence-electron chi connectivity index (χ1n) is 9.44. The number of aromatic nitrogens is 2. The molecule has 6 heteroatoms. The molecule has 1 aliphatic rings. The van der Waals surface area contributed by atoms with E-state index in [9.17, 15) is 9.59 Å². The molecule has 1 saturated heterocycles. The van der Waals surface area contributed by atoms with E-state index in [4.69, 9.17) is 4.74 Å². The molecule has 0 spiro atoms. The summed E-state index contributed by atoms with van der Waals surface area (Å²) < 4.78 is 5.43. The van der Waals surface area contributed by atoms with Gasteiger partial charge in [0.05, 0.1) is 11.8 Å². The molecule has 4 rings (SSSR count). The molecule has 1 amide bonds. The third-order valence-electron chi connectivity index (χ3n) is 5.23. The smallest absolute Gasteiger partial charge is 0.264 e. The minimum Gasteiger partial charge on any atom is -0.380 e. The molecule has 1 unspecified atom stereocenters. The number of likely N-dealkylation sites (tertiary alicyclic amines) is 1. The van der Waals surface area contributed by atoms with E-state index in [2.05, 4.69) is 10.2 Å². The van der Waals surface area contributed by atoms with Gasteiger partial charge in [-0.15, -0.1) is 0 Å². The number of nitrogens with one attached hydrogen (secondary N) is 2. The third kappa shape index (κ3) is 3.77. The minimum atomic E-state index is -0.154. The zero-order valence-electron chi connectivity index (χ0n) is 15.8. The maximum absolute atomic E-state index is 12.9. The van der Waals surface area contributed by atoms with Gasteiger partial charge in [-0.2, -0.15) is 0 Å². The van der Waals surface area contributed by atoms with Gasteiger partial charge >= 0.3 is 0 Å². The molecule has 3 aromatic rings. The van der Waals surface area contributed by atoms with Gasteiger partial charge in [0.15, 0.2) is 0 Å². The summed E-state index contributed by atoms with van der Waals surface area (Å²) in [5, 5.41) is 5.39. The normalized spacial score (nSPS) is 16.9. The molecule has 0 aliphatic carbocycles. The van der Waals surface area contributed by atoms with E-state index in [1.54, 1.807) is 7.11 Å². The predicted octanol–water partition coefficient (Wildman–Crippen LogP) is 3.29. The van der Waals surface area contributed by atoms with Crippen LogP contribution in [0.5, 0.6) is 0 Å². The van der Waals surface area contributed by atoms with Crippen molar-refractivity contribution < 1.29 is 9.53 Å². The van der Waals surface area contributed by atoms with E-state index < -0.39 is 0 Å². The lowest BCUT2D eigenvalue weighted by Crippen LogP contribution is -2.42. The van der Waals surface area contributed by atoms with Gasteiger partial charge in [0, 0.05) is 31.8 Å². The average Bonchev–Trinajstić information content (AvgIpc) is 3.20. The number of aromatic amines is 2. The second-order valence-corrected chi connectivity index (χ2v) is 7.08. The number of methoxy groups -OCH3 is 1. The van der Waals surface area contributed by atoms with Gasteiger partial charge in [-0.1, -0.05) is 36.4 Å². The van der Waals surface area contributed by atoms with Gasteiger partial charge in [0.2, 0.25) is 0 Å². The Kier molecular flexibility index (Phi) is 5.12. The quantitative estimate of drug-likeness (QED) is 0.732. The molecule has 1 aromatic heterocycles. The van der Waals surface area contributed by atoms with Gasteiger partial charge in [-0.3, -0.25) is 19.8 Å². The lowest BCUT2D eigenvalue weighted by molar-refractivity contribution is 0.0269. The number of nitrogens with zero attached hydrogens (tertiary/aromatic N) is 1. The molecule has 1 atom stereocenters. The topological polar surface area (TPSA) is 78.2 Å². The predicted molar refractivity (Wildman–Crippen MR) is 108 cm³/mol. The van der Waals surface area contributed by atoms with E-state index in [1.165, 1.54) is 6.07 Å². The minimum absolute atomic E-state index is 0.0464. The number of H-pyrrole nitrogens is 2. The van der Waals surface area contributed by atoms with Crippen LogP contribution in [0.15, 0.2) is 59.4 Å². The molecule has 2 heterocycles. The van der Waals surface area contributed by atoms with E-state index in [0.29, 0.717) is 12.1 Å². The Bertz CT molecular complexity index is 1020. The molecular formula is C22H23N3O3. The number of piperidine rings is 1. The second kappa shape index (κ2) is 7.86. The van der Waals surface area contributed by atoms with Crippen molar-refractivity contribution in [2.45, 2.75) is 18.9 Å². The summed E-state index contributed by atoms with van der Waals surface area (Å²) in [6.45, 7) is 1.41. The van der Waals surface area contributed by atoms with Crippen molar-refractivity contribution in [1.82, 2.24) is 15.1 Å². The van der Waals surface area contributed by atoms with Crippen molar-refractivity contribution in [2.75, 3.05) is 20.2 Å². The monoisotopic (exact) mass is 377 g/mol. The van der Waals surface area contributed by atoms with Crippen molar-refractivity contribution in [3.8, 4) is 22.4 Å². The first-order valence-corrected chi connectivity index (χ1v) is 9.44. The van der Waals surface area contributed by atoms with Gasteiger partial charge in [-0.05, 0) is 41.7 Å². The molecule has 0 radical (unpaired) electrons. The Hall–Kier alpha value is -3.12. The van der Waals surface area contributed by atoms with Gasteiger partial charge in [-0.25, -0.2) is 0 Å². The van der Waals surface area contributed by atoms with Crippen LogP contribution in [0, 0.1) is 0 Å². The number of carbonyl (C=O) groups excluding carboxylic acids is 1. The van der Waals surface area contributed by atoms with Crippen LogP contribution in [-0.2, 0) is 4.74 Å². The first-order chi connectivity index (χ1) is 13.6. The summed E-state index contributed by atoms with van der Waals surface area (Å²) in [7, 11) is 1.70. The van der Waals surface area contributed by atoms with Crippen molar-refractivity contribution in [1.29, 1.82) is 0 Å². The average molecular weight is 377 g/mol. The summed E-state index contributed by atoms with van der Waals surface area (Å²) in [6.07, 6.45) is 2.08. The Morgan fingerprint density at radius 3 is 2.54 bits per heavy atom.